The van der Waals surface area contributed by atoms with E-state index in [9.17, 15) is 8.42 Å². The van der Waals surface area contributed by atoms with Crippen molar-refractivity contribution in [2.75, 3.05) is 11.9 Å². The number of anilines is 1. The number of rotatable bonds is 5. The molecular formula is C10H16N6O2S. The lowest BCUT2D eigenvalue weighted by atomic mass is 10.3. The number of hydrogen-bond donors (Lipinski definition) is 2. The van der Waals surface area contributed by atoms with Gasteiger partial charge in [0, 0.05) is 18.3 Å². The Labute approximate surface area is 111 Å². The van der Waals surface area contributed by atoms with Gasteiger partial charge in [-0.2, -0.15) is 14.6 Å². The van der Waals surface area contributed by atoms with Crippen LogP contribution in [0.2, 0.25) is 0 Å². The van der Waals surface area contributed by atoms with Crippen LogP contribution in [-0.2, 0) is 16.4 Å². The van der Waals surface area contributed by atoms with E-state index in [4.69, 9.17) is 5.14 Å². The molecule has 0 spiro atoms. The maximum atomic E-state index is 11.2. The van der Waals surface area contributed by atoms with Gasteiger partial charge >= 0.3 is 0 Å². The van der Waals surface area contributed by atoms with Crippen molar-refractivity contribution in [3.05, 3.63) is 18.1 Å². The Morgan fingerprint density at radius 3 is 2.89 bits per heavy atom. The summed E-state index contributed by atoms with van der Waals surface area (Å²) in [5, 5.41) is 11.4. The molecule has 2 heterocycles. The minimum absolute atomic E-state index is 0.195. The summed E-state index contributed by atoms with van der Waals surface area (Å²) in [5.74, 6) is 1.12. The van der Waals surface area contributed by atoms with Gasteiger partial charge in [-0.15, -0.1) is 0 Å². The monoisotopic (exact) mass is 284 g/mol. The molecule has 2 rings (SSSR count). The number of nitrogens with zero attached hydrogens (tertiary/aromatic N) is 4. The molecule has 0 aliphatic rings. The van der Waals surface area contributed by atoms with Gasteiger partial charge in [0.2, 0.25) is 10.0 Å². The van der Waals surface area contributed by atoms with E-state index < -0.39 is 15.3 Å². The van der Waals surface area contributed by atoms with Gasteiger partial charge < -0.3 is 5.32 Å². The molecule has 0 saturated heterocycles. The molecule has 3 N–H and O–H groups in total. The van der Waals surface area contributed by atoms with Crippen molar-refractivity contribution in [3.63, 3.8) is 0 Å². The third-order valence-electron chi connectivity index (χ3n) is 2.80. The SMILES string of the molecule is CCc1cc(NC[C@H](C)S(N)(=O)=O)n2ncnc2n1. The highest BCUT2D eigenvalue weighted by molar-refractivity contribution is 7.89. The quantitative estimate of drug-likeness (QED) is 0.784. The standard InChI is InChI=1S/C10H16N6O2S/c1-3-8-4-9(12-5-7(2)19(11,17)18)16-10(15-8)13-6-14-16/h4,6-7,12H,3,5H2,1-2H3,(H2,11,17,18)/t7-/m0/s1. The van der Waals surface area contributed by atoms with E-state index in [0.717, 1.165) is 12.1 Å². The van der Waals surface area contributed by atoms with Crippen molar-refractivity contribution in [2.45, 2.75) is 25.5 Å². The zero-order valence-electron chi connectivity index (χ0n) is 10.7. The molecule has 104 valence electrons. The fourth-order valence-electron chi connectivity index (χ4n) is 1.53. The molecule has 0 saturated carbocycles. The first-order valence-electron chi connectivity index (χ1n) is 5.87. The maximum Gasteiger partial charge on any atom is 0.254 e. The van der Waals surface area contributed by atoms with Crippen LogP contribution in [0.15, 0.2) is 12.4 Å². The first kappa shape index (κ1) is 13.7. The Hall–Kier alpha value is -1.74. The molecule has 0 aliphatic carbocycles. The number of primary sulfonamides is 1. The van der Waals surface area contributed by atoms with Crippen molar-refractivity contribution in [1.82, 2.24) is 19.6 Å². The molecule has 0 bridgehead atoms. The lowest BCUT2D eigenvalue weighted by molar-refractivity contribution is 0.587. The molecule has 19 heavy (non-hydrogen) atoms. The van der Waals surface area contributed by atoms with Gasteiger partial charge in [-0.1, -0.05) is 6.92 Å². The molecule has 1 atom stereocenters. The lowest BCUT2D eigenvalue weighted by Gasteiger charge is -2.12. The van der Waals surface area contributed by atoms with Gasteiger partial charge in [0.05, 0.1) is 5.25 Å². The lowest BCUT2D eigenvalue weighted by Crippen LogP contribution is -2.32. The van der Waals surface area contributed by atoms with Crippen LogP contribution < -0.4 is 10.5 Å². The number of hydrogen-bond acceptors (Lipinski definition) is 6. The van der Waals surface area contributed by atoms with Crippen molar-refractivity contribution in [2.24, 2.45) is 5.14 Å². The predicted molar refractivity (Wildman–Crippen MR) is 71.2 cm³/mol. The Morgan fingerprint density at radius 1 is 1.53 bits per heavy atom. The van der Waals surface area contributed by atoms with E-state index in [1.165, 1.54) is 10.8 Å². The fourth-order valence-corrected chi connectivity index (χ4v) is 1.85. The van der Waals surface area contributed by atoms with Crippen LogP contribution in [0.5, 0.6) is 0 Å². The van der Waals surface area contributed by atoms with Crippen LogP contribution in [0.3, 0.4) is 0 Å². The largest absolute Gasteiger partial charge is 0.369 e. The van der Waals surface area contributed by atoms with Gasteiger partial charge in [0.25, 0.3) is 5.78 Å². The highest BCUT2D eigenvalue weighted by atomic mass is 32.2. The number of aryl methyl sites for hydroxylation is 1. The summed E-state index contributed by atoms with van der Waals surface area (Å²) in [6, 6.07) is 1.82. The smallest absolute Gasteiger partial charge is 0.254 e. The number of nitrogens with two attached hydrogens (primary N) is 1. The Kier molecular flexibility index (Phi) is 3.67. The fraction of sp³-hybridized carbons (Fsp3) is 0.500. The topological polar surface area (TPSA) is 115 Å². The van der Waals surface area contributed by atoms with Crippen molar-refractivity contribution < 1.29 is 8.42 Å². The predicted octanol–water partition coefficient (Wildman–Crippen LogP) is -0.224. The van der Waals surface area contributed by atoms with Crippen molar-refractivity contribution in [1.29, 1.82) is 0 Å². The van der Waals surface area contributed by atoms with Gasteiger partial charge in [-0.25, -0.2) is 18.5 Å². The summed E-state index contributed by atoms with van der Waals surface area (Å²) >= 11 is 0. The van der Waals surface area contributed by atoms with Crippen LogP contribution in [0, 0.1) is 0 Å². The summed E-state index contributed by atoms with van der Waals surface area (Å²) in [6.07, 6.45) is 2.15. The second-order valence-electron chi connectivity index (χ2n) is 4.24. The molecule has 0 aliphatic heterocycles. The van der Waals surface area contributed by atoms with E-state index in [2.05, 4.69) is 20.4 Å². The molecule has 0 unspecified atom stereocenters. The second kappa shape index (κ2) is 5.10. The molecule has 2 aromatic rings. The number of aromatic nitrogens is 4. The van der Waals surface area contributed by atoms with E-state index in [1.807, 2.05) is 13.0 Å². The third-order valence-corrected chi connectivity index (χ3v) is 4.09. The molecule has 0 aromatic carbocycles. The minimum Gasteiger partial charge on any atom is -0.369 e. The molecule has 8 nitrogen and oxygen atoms in total. The van der Waals surface area contributed by atoms with Gasteiger partial charge in [-0.3, -0.25) is 0 Å². The van der Waals surface area contributed by atoms with Gasteiger partial charge in [0.15, 0.2) is 0 Å². The normalized spacial score (nSPS) is 13.6. The molecule has 9 heteroatoms. The maximum absolute atomic E-state index is 11.2. The minimum atomic E-state index is -3.55. The van der Waals surface area contributed by atoms with Crippen molar-refractivity contribution >= 4 is 21.6 Å². The Morgan fingerprint density at radius 2 is 2.26 bits per heavy atom. The summed E-state index contributed by atoms with van der Waals surface area (Å²) in [5.41, 5.74) is 0.853. The highest BCUT2D eigenvalue weighted by Gasteiger charge is 2.16. The first-order chi connectivity index (χ1) is 8.91. The third kappa shape index (κ3) is 2.99. The number of sulfonamides is 1. The number of fused-ring (bicyclic) bond motifs is 1. The van der Waals surface area contributed by atoms with E-state index in [1.54, 1.807) is 6.92 Å². The van der Waals surface area contributed by atoms with Crippen molar-refractivity contribution in [3.8, 4) is 0 Å². The van der Waals surface area contributed by atoms with Crippen LogP contribution in [-0.4, -0.2) is 39.8 Å². The summed E-state index contributed by atoms with van der Waals surface area (Å²) in [4.78, 5) is 8.32. The van der Waals surface area contributed by atoms with Gasteiger partial charge in [0.1, 0.15) is 12.1 Å². The average molecular weight is 284 g/mol. The molecule has 0 fully saturated rings. The van der Waals surface area contributed by atoms with Crippen LogP contribution in [0.1, 0.15) is 19.5 Å². The van der Waals surface area contributed by atoms with Crippen LogP contribution >= 0.6 is 0 Å². The Balaban J connectivity index is 2.27. The molecule has 0 amide bonds. The number of nitrogens with one attached hydrogen (secondary N) is 1. The van der Waals surface area contributed by atoms with Gasteiger partial charge in [-0.05, 0) is 13.3 Å². The Bertz CT molecular complexity index is 680. The summed E-state index contributed by atoms with van der Waals surface area (Å²) in [7, 11) is -3.55. The average Bonchev–Trinajstić information content (AvgIpc) is 2.82. The molecular weight excluding hydrogens is 268 g/mol. The summed E-state index contributed by atoms with van der Waals surface area (Å²) < 4.78 is 23.9. The van der Waals surface area contributed by atoms with E-state index in [-0.39, 0.29) is 6.54 Å². The first-order valence-corrected chi connectivity index (χ1v) is 7.48. The van der Waals surface area contributed by atoms with E-state index >= 15 is 0 Å². The van der Waals surface area contributed by atoms with Crippen LogP contribution in [0.25, 0.3) is 5.78 Å². The van der Waals surface area contributed by atoms with E-state index in [0.29, 0.717) is 11.6 Å². The molecule has 2 aromatic heterocycles. The zero-order valence-corrected chi connectivity index (χ0v) is 11.6. The molecule has 0 radical (unpaired) electrons. The summed E-state index contributed by atoms with van der Waals surface area (Å²) in [6.45, 7) is 3.72. The zero-order chi connectivity index (χ0) is 14.0. The second-order valence-corrected chi connectivity index (χ2v) is 6.22. The van der Waals surface area contributed by atoms with Crippen LogP contribution in [0.4, 0.5) is 5.82 Å². The highest BCUT2D eigenvalue weighted by Crippen LogP contribution is 2.11.